The summed E-state index contributed by atoms with van der Waals surface area (Å²) in [7, 11) is 0. The number of hydrogen-bond donors (Lipinski definition) is 1. The van der Waals surface area contributed by atoms with Crippen LogP contribution in [0.15, 0.2) is 17.0 Å². The zero-order chi connectivity index (χ0) is 8.43. The van der Waals surface area contributed by atoms with Crippen molar-refractivity contribution < 1.29 is 17.7 Å². The first-order chi connectivity index (χ1) is 5.15. The minimum atomic E-state index is -1.30. The van der Waals surface area contributed by atoms with Crippen molar-refractivity contribution in [3.63, 3.8) is 0 Å². The SMILES string of the molecule is OSc1cc(F)cc(F)c1F. The average molecular weight is 180 g/mol. The first-order valence-electron chi connectivity index (χ1n) is 2.61. The second-order valence-corrected chi connectivity index (χ2v) is 2.41. The summed E-state index contributed by atoms with van der Waals surface area (Å²) in [6.07, 6.45) is 0. The summed E-state index contributed by atoms with van der Waals surface area (Å²) in [5.41, 5.74) is 0. The van der Waals surface area contributed by atoms with E-state index < -0.39 is 22.3 Å². The molecule has 0 aliphatic carbocycles. The molecule has 0 atom stereocenters. The summed E-state index contributed by atoms with van der Waals surface area (Å²) in [6.45, 7) is 0. The highest BCUT2D eigenvalue weighted by molar-refractivity contribution is 7.93. The molecule has 1 nitrogen and oxygen atoms in total. The van der Waals surface area contributed by atoms with E-state index in [0.29, 0.717) is 12.1 Å². The van der Waals surface area contributed by atoms with Crippen LogP contribution in [0.3, 0.4) is 0 Å². The van der Waals surface area contributed by atoms with E-state index in [-0.39, 0.29) is 12.0 Å². The Morgan fingerprint density at radius 1 is 1.18 bits per heavy atom. The van der Waals surface area contributed by atoms with Crippen LogP contribution in [0.25, 0.3) is 0 Å². The molecule has 0 spiro atoms. The van der Waals surface area contributed by atoms with Crippen molar-refractivity contribution in [3.05, 3.63) is 29.6 Å². The molecular formula is C6H3F3OS. The molecule has 1 aromatic carbocycles. The molecule has 5 heteroatoms. The molecule has 1 rings (SSSR count). The number of hydrogen-bond acceptors (Lipinski definition) is 2. The smallest absolute Gasteiger partial charge is 0.174 e. The summed E-state index contributed by atoms with van der Waals surface area (Å²) in [5.74, 6) is -3.46. The second kappa shape index (κ2) is 3.15. The Hall–Kier alpha value is -0.680. The Morgan fingerprint density at radius 2 is 1.82 bits per heavy atom. The van der Waals surface area contributed by atoms with Gasteiger partial charge in [0, 0.05) is 18.1 Å². The molecule has 0 unspecified atom stereocenters. The normalized spacial score (nSPS) is 10.2. The zero-order valence-corrected chi connectivity index (χ0v) is 5.96. The summed E-state index contributed by atoms with van der Waals surface area (Å²) >= 11 is -0.0312. The van der Waals surface area contributed by atoms with E-state index in [1.54, 1.807) is 0 Å². The van der Waals surface area contributed by atoms with E-state index in [4.69, 9.17) is 4.55 Å². The molecule has 0 saturated heterocycles. The first-order valence-corrected chi connectivity index (χ1v) is 3.38. The number of rotatable bonds is 1. The van der Waals surface area contributed by atoms with Crippen LogP contribution in [0.5, 0.6) is 0 Å². The highest BCUT2D eigenvalue weighted by Gasteiger charge is 2.10. The van der Waals surface area contributed by atoms with Crippen LogP contribution >= 0.6 is 12.0 Å². The summed E-state index contributed by atoms with van der Waals surface area (Å²) in [4.78, 5) is -0.456. The Bertz CT molecular complexity index is 277. The fourth-order valence-corrected chi connectivity index (χ4v) is 0.942. The fraction of sp³-hybridized carbons (Fsp3) is 0. The molecule has 1 aromatic rings. The van der Waals surface area contributed by atoms with Crippen molar-refractivity contribution in [2.24, 2.45) is 0 Å². The summed E-state index contributed by atoms with van der Waals surface area (Å²) < 4.78 is 45.3. The molecular weight excluding hydrogens is 177 g/mol. The zero-order valence-electron chi connectivity index (χ0n) is 5.14. The fourth-order valence-electron chi connectivity index (χ4n) is 0.599. The minimum absolute atomic E-state index is 0.0312. The van der Waals surface area contributed by atoms with Gasteiger partial charge in [-0.2, -0.15) is 0 Å². The van der Waals surface area contributed by atoms with Crippen LogP contribution in [0, 0.1) is 17.5 Å². The molecule has 0 bridgehead atoms. The third-order valence-corrected chi connectivity index (χ3v) is 1.55. The molecule has 0 saturated carbocycles. The highest BCUT2D eigenvalue weighted by atomic mass is 32.2. The molecule has 0 radical (unpaired) electrons. The molecule has 0 aliphatic rings. The van der Waals surface area contributed by atoms with Crippen molar-refractivity contribution in [3.8, 4) is 0 Å². The van der Waals surface area contributed by atoms with Gasteiger partial charge in [-0.3, -0.25) is 0 Å². The quantitative estimate of drug-likeness (QED) is 0.529. The molecule has 11 heavy (non-hydrogen) atoms. The lowest BCUT2D eigenvalue weighted by molar-refractivity contribution is 0.474. The average Bonchev–Trinajstić information content (AvgIpc) is 1.96. The Kier molecular flexibility index (Phi) is 2.41. The van der Waals surface area contributed by atoms with Gasteiger partial charge in [0.25, 0.3) is 0 Å². The van der Waals surface area contributed by atoms with Crippen LogP contribution in [-0.2, 0) is 0 Å². The predicted molar refractivity (Wildman–Crippen MR) is 34.8 cm³/mol. The third kappa shape index (κ3) is 1.66. The Balaban J connectivity index is 3.24. The standard InChI is InChI=1S/C6H3F3OS/c7-3-1-4(8)6(9)5(2-3)11-10/h1-2,10H. The number of benzene rings is 1. The van der Waals surface area contributed by atoms with Gasteiger partial charge in [0.2, 0.25) is 0 Å². The molecule has 60 valence electrons. The van der Waals surface area contributed by atoms with Gasteiger partial charge in [0.15, 0.2) is 11.6 Å². The molecule has 0 heterocycles. The number of halogens is 3. The second-order valence-electron chi connectivity index (χ2n) is 1.79. The van der Waals surface area contributed by atoms with Crippen LogP contribution in [0.2, 0.25) is 0 Å². The Morgan fingerprint density at radius 3 is 2.36 bits per heavy atom. The third-order valence-electron chi connectivity index (χ3n) is 1.06. The lowest BCUT2D eigenvalue weighted by atomic mass is 10.3. The Labute approximate surface area is 65.1 Å². The van der Waals surface area contributed by atoms with E-state index in [2.05, 4.69) is 0 Å². The molecule has 0 aliphatic heterocycles. The van der Waals surface area contributed by atoms with E-state index in [0.717, 1.165) is 0 Å². The van der Waals surface area contributed by atoms with E-state index in [9.17, 15) is 13.2 Å². The summed E-state index contributed by atoms with van der Waals surface area (Å²) in [6, 6.07) is 1.12. The van der Waals surface area contributed by atoms with Gasteiger partial charge in [-0.15, -0.1) is 0 Å². The van der Waals surface area contributed by atoms with Gasteiger partial charge in [0.1, 0.15) is 5.82 Å². The van der Waals surface area contributed by atoms with Crippen molar-refractivity contribution in [2.45, 2.75) is 4.90 Å². The van der Waals surface area contributed by atoms with Crippen LogP contribution < -0.4 is 0 Å². The van der Waals surface area contributed by atoms with Crippen molar-refractivity contribution >= 4 is 12.0 Å². The maximum Gasteiger partial charge on any atom is 0.174 e. The maximum atomic E-state index is 12.5. The molecule has 0 aromatic heterocycles. The monoisotopic (exact) mass is 180 g/mol. The lowest BCUT2D eigenvalue weighted by Crippen LogP contribution is -1.89. The van der Waals surface area contributed by atoms with Gasteiger partial charge >= 0.3 is 0 Å². The van der Waals surface area contributed by atoms with Crippen molar-refractivity contribution in [1.29, 1.82) is 0 Å². The predicted octanol–water partition coefficient (Wildman–Crippen LogP) is 2.67. The molecule has 0 amide bonds. The van der Waals surface area contributed by atoms with Crippen LogP contribution in [-0.4, -0.2) is 4.55 Å². The topological polar surface area (TPSA) is 20.2 Å². The van der Waals surface area contributed by atoms with Gasteiger partial charge < -0.3 is 4.55 Å². The van der Waals surface area contributed by atoms with Crippen molar-refractivity contribution in [2.75, 3.05) is 0 Å². The van der Waals surface area contributed by atoms with Crippen LogP contribution in [0.4, 0.5) is 13.2 Å². The first kappa shape index (κ1) is 8.42. The van der Waals surface area contributed by atoms with E-state index >= 15 is 0 Å². The van der Waals surface area contributed by atoms with Gasteiger partial charge in [-0.05, 0) is 6.07 Å². The van der Waals surface area contributed by atoms with Crippen molar-refractivity contribution in [1.82, 2.24) is 0 Å². The maximum absolute atomic E-state index is 12.5. The lowest BCUT2D eigenvalue weighted by Gasteiger charge is -1.97. The molecule has 0 fully saturated rings. The van der Waals surface area contributed by atoms with Gasteiger partial charge in [-0.1, -0.05) is 0 Å². The van der Waals surface area contributed by atoms with Gasteiger partial charge in [-0.25, -0.2) is 13.2 Å². The highest BCUT2D eigenvalue weighted by Crippen LogP contribution is 2.21. The van der Waals surface area contributed by atoms with E-state index in [1.165, 1.54) is 0 Å². The minimum Gasteiger partial charge on any atom is -0.325 e. The van der Waals surface area contributed by atoms with E-state index in [1.807, 2.05) is 0 Å². The van der Waals surface area contributed by atoms with Crippen LogP contribution in [0.1, 0.15) is 0 Å². The summed E-state index contributed by atoms with van der Waals surface area (Å²) in [5, 5.41) is 0. The van der Waals surface area contributed by atoms with Gasteiger partial charge in [0.05, 0.1) is 4.90 Å². The largest absolute Gasteiger partial charge is 0.325 e. The molecule has 1 N–H and O–H groups in total.